The summed E-state index contributed by atoms with van der Waals surface area (Å²) in [6.07, 6.45) is 7.00. The minimum absolute atomic E-state index is 0.0158. The number of amides is 1. The van der Waals surface area contributed by atoms with Crippen molar-refractivity contribution in [1.82, 2.24) is 5.32 Å². The molecule has 122 valence electrons. The third-order valence-corrected chi connectivity index (χ3v) is 4.48. The Bertz CT molecular complexity index is 460. The molecule has 0 aromatic heterocycles. The highest BCUT2D eigenvalue weighted by atomic mass is 32.2. The molecular weight excluding hydrogens is 306 g/mol. The molecule has 0 aliphatic heterocycles. The van der Waals surface area contributed by atoms with Gasteiger partial charge in [0.05, 0.1) is 6.54 Å². The number of alkyl halides is 2. The molecule has 1 aliphatic rings. The summed E-state index contributed by atoms with van der Waals surface area (Å²) in [5.74, 6) is -2.43. The summed E-state index contributed by atoms with van der Waals surface area (Å²) in [6, 6.07) is 6.97. The van der Waals surface area contributed by atoms with Crippen LogP contribution in [0.3, 0.4) is 0 Å². The quantitative estimate of drug-likeness (QED) is 0.606. The van der Waals surface area contributed by atoms with Crippen LogP contribution in [-0.4, -0.2) is 24.3 Å². The van der Waals surface area contributed by atoms with Crippen LogP contribution in [0.2, 0.25) is 0 Å². The molecule has 1 amide bonds. The van der Waals surface area contributed by atoms with Crippen LogP contribution in [0.4, 0.5) is 14.5 Å². The molecule has 0 radical (unpaired) electrons. The lowest BCUT2D eigenvalue weighted by atomic mass is 10.1. The third-order valence-electron chi connectivity index (χ3n) is 3.75. The monoisotopic (exact) mass is 328 g/mol. The van der Waals surface area contributed by atoms with Crippen LogP contribution < -0.4 is 10.6 Å². The SMILES string of the molecule is O=C(CNc1ccc(SC(F)F)cc1)NC1CCCCCC1. The van der Waals surface area contributed by atoms with Gasteiger partial charge in [-0.05, 0) is 37.1 Å². The van der Waals surface area contributed by atoms with E-state index in [1.165, 1.54) is 25.7 Å². The predicted octanol–water partition coefficient (Wildman–Crippen LogP) is 4.25. The molecule has 1 saturated carbocycles. The van der Waals surface area contributed by atoms with E-state index in [-0.39, 0.29) is 12.5 Å². The summed E-state index contributed by atoms with van der Waals surface area (Å²) >= 11 is 0.516. The number of halogens is 2. The largest absolute Gasteiger partial charge is 0.376 e. The molecule has 0 spiro atoms. The van der Waals surface area contributed by atoms with Crippen LogP contribution in [0.5, 0.6) is 0 Å². The molecule has 0 unspecified atom stereocenters. The lowest BCUT2D eigenvalue weighted by Crippen LogP contribution is -2.38. The van der Waals surface area contributed by atoms with Gasteiger partial charge in [0.2, 0.25) is 5.91 Å². The highest BCUT2D eigenvalue weighted by Crippen LogP contribution is 2.26. The normalized spacial score (nSPS) is 16.3. The van der Waals surface area contributed by atoms with Gasteiger partial charge in [-0.2, -0.15) is 8.78 Å². The summed E-state index contributed by atoms with van der Waals surface area (Å²) < 4.78 is 24.4. The molecule has 22 heavy (non-hydrogen) atoms. The van der Waals surface area contributed by atoms with Crippen molar-refractivity contribution in [3.8, 4) is 0 Å². The Kier molecular flexibility index (Phi) is 6.96. The molecule has 1 aromatic carbocycles. The Morgan fingerprint density at radius 1 is 1.14 bits per heavy atom. The Balaban J connectivity index is 1.73. The van der Waals surface area contributed by atoms with Crippen LogP contribution in [-0.2, 0) is 4.79 Å². The zero-order valence-corrected chi connectivity index (χ0v) is 13.3. The molecule has 0 heterocycles. The first-order chi connectivity index (χ1) is 10.6. The van der Waals surface area contributed by atoms with E-state index < -0.39 is 5.76 Å². The Hall–Kier alpha value is -1.30. The molecule has 0 atom stereocenters. The molecule has 0 saturated heterocycles. The van der Waals surface area contributed by atoms with E-state index in [2.05, 4.69) is 10.6 Å². The number of nitrogens with one attached hydrogen (secondary N) is 2. The van der Waals surface area contributed by atoms with Gasteiger partial charge >= 0.3 is 0 Å². The van der Waals surface area contributed by atoms with E-state index in [0.717, 1.165) is 18.5 Å². The standard InChI is InChI=1S/C16H22F2N2OS/c17-16(18)22-14-9-7-12(8-10-14)19-11-15(21)20-13-5-3-1-2-4-6-13/h7-10,13,16,19H,1-6,11H2,(H,20,21). The van der Waals surface area contributed by atoms with E-state index in [0.29, 0.717) is 22.7 Å². The minimum atomic E-state index is -2.41. The van der Waals surface area contributed by atoms with Gasteiger partial charge < -0.3 is 10.6 Å². The summed E-state index contributed by atoms with van der Waals surface area (Å²) in [4.78, 5) is 12.4. The highest BCUT2D eigenvalue weighted by molar-refractivity contribution is 7.99. The number of thioether (sulfide) groups is 1. The van der Waals surface area contributed by atoms with Gasteiger partial charge in [0.25, 0.3) is 5.76 Å². The molecule has 1 aliphatic carbocycles. The Morgan fingerprint density at radius 2 is 1.77 bits per heavy atom. The molecule has 2 rings (SSSR count). The van der Waals surface area contributed by atoms with Crippen LogP contribution >= 0.6 is 11.8 Å². The van der Waals surface area contributed by atoms with E-state index in [1.54, 1.807) is 24.3 Å². The molecule has 6 heteroatoms. The van der Waals surface area contributed by atoms with Crippen LogP contribution in [0.25, 0.3) is 0 Å². The number of carbonyl (C=O) groups excluding carboxylic acids is 1. The van der Waals surface area contributed by atoms with Crippen LogP contribution in [0.1, 0.15) is 38.5 Å². The number of carbonyl (C=O) groups is 1. The Morgan fingerprint density at radius 3 is 2.36 bits per heavy atom. The van der Waals surface area contributed by atoms with E-state index in [4.69, 9.17) is 0 Å². The summed E-state index contributed by atoms with van der Waals surface area (Å²) in [5.41, 5.74) is 0.759. The highest BCUT2D eigenvalue weighted by Gasteiger charge is 2.14. The van der Waals surface area contributed by atoms with Gasteiger partial charge in [-0.25, -0.2) is 0 Å². The maximum atomic E-state index is 12.2. The first kappa shape index (κ1) is 17.1. The second kappa shape index (κ2) is 8.98. The van der Waals surface area contributed by atoms with Crippen molar-refractivity contribution >= 4 is 23.4 Å². The number of hydrogen-bond acceptors (Lipinski definition) is 3. The van der Waals surface area contributed by atoms with Crippen LogP contribution in [0, 0.1) is 0 Å². The summed E-state index contributed by atoms with van der Waals surface area (Å²) in [7, 11) is 0. The molecular formula is C16H22F2N2OS. The maximum absolute atomic E-state index is 12.2. The zero-order valence-electron chi connectivity index (χ0n) is 12.5. The average molecular weight is 328 g/mol. The van der Waals surface area contributed by atoms with Gasteiger partial charge in [-0.3, -0.25) is 4.79 Å². The maximum Gasteiger partial charge on any atom is 0.288 e. The number of benzene rings is 1. The van der Waals surface area contributed by atoms with Crippen LogP contribution in [0.15, 0.2) is 29.2 Å². The second-order valence-electron chi connectivity index (χ2n) is 5.51. The first-order valence-electron chi connectivity index (χ1n) is 7.71. The fraction of sp³-hybridized carbons (Fsp3) is 0.562. The fourth-order valence-corrected chi connectivity index (χ4v) is 3.14. The van der Waals surface area contributed by atoms with Crippen molar-refractivity contribution < 1.29 is 13.6 Å². The molecule has 2 N–H and O–H groups in total. The van der Waals surface area contributed by atoms with Crippen molar-refractivity contribution in [2.75, 3.05) is 11.9 Å². The minimum Gasteiger partial charge on any atom is -0.376 e. The summed E-state index contributed by atoms with van der Waals surface area (Å²) in [5, 5.41) is 6.08. The van der Waals surface area contributed by atoms with Crippen molar-refractivity contribution in [3.63, 3.8) is 0 Å². The van der Waals surface area contributed by atoms with Crippen molar-refractivity contribution in [2.45, 2.75) is 55.2 Å². The lowest BCUT2D eigenvalue weighted by Gasteiger charge is -2.16. The van der Waals surface area contributed by atoms with Gasteiger partial charge in [-0.15, -0.1) is 0 Å². The summed E-state index contributed by atoms with van der Waals surface area (Å²) in [6.45, 7) is 0.206. The Labute approximate surface area is 134 Å². The second-order valence-corrected chi connectivity index (χ2v) is 6.58. The smallest absolute Gasteiger partial charge is 0.288 e. The lowest BCUT2D eigenvalue weighted by molar-refractivity contribution is -0.120. The third kappa shape index (κ3) is 6.22. The topological polar surface area (TPSA) is 41.1 Å². The molecule has 1 aromatic rings. The first-order valence-corrected chi connectivity index (χ1v) is 8.59. The predicted molar refractivity (Wildman–Crippen MR) is 86.4 cm³/mol. The number of hydrogen-bond donors (Lipinski definition) is 2. The fourth-order valence-electron chi connectivity index (χ4n) is 2.64. The van der Waals surface area contributed by atoms with Crippen molar-refractivity contribution in [3.05, 3.63) is 24.3 Å². The number of rotatable bonds is 6. The van der Waals surface area contributed by atoms with E-state index in [9.17, 15) is 13.6 Å². The molecule has 0 bridgehead atoms. The zero-order chi connectivity index (χ0) is 15.8. The van der Waals surface area contributed by atoms with E-state index >= 15 is 0 Å². The van der Waals surface area contributed by atoms with E-state index in [1.807, 2.05) is 0 Å². The van der Waals surface area contributed by atoms with Gasteiger partial charge in [0, 0.05) is 16.6 Å². The van der Waals surface area contributed by atoms with Gasteiger partial charge in [0.1, 0.15) is 0 Å². The van der Waals surface area contributed by atoms with Gasteiger partial charge in [0.15, 0.2) is 0 Å². The molecule has 3 nitrogen and oxygen atoms in total. The van der Waals surface area contributed by atoms with Crippen molar-refractivity contribution in [2.24, 2.45) is 0 Å². The van der Waals surface area contributed by atoms with Gasteiger partial charge in [-0.1, -0.05) is 37.4 Å². The van der Waals surface area contributed by atoms with Crippen molar-refractivity contribution in [1.29, 1.82) is 0 Å². The number of anilines is 1. The average Bonchev–Trinajstić information content (AvgIpc) is 2.74. The molecule has 1 fully saturated rings.